The molecule has 0 aromatic carbocycles. The van der Waals surface area contributed by atoms with E-state index in [2.05, 4.69) is 5.32 Å². The molecule has 0 aromatic rings. The fourth-order valence-electron chi connectivity index (χ4n) is 2.30. The molecule has 0 radical (unpaired) electrons. The minimum absolute atomic E-state index is 0. The molecule has 2 amide bonds. The van der Waals surface area contributed by atoms with Crippen molar-refractivity contribution in [3.63, 3.8) is 0 Å². The molecule has 0 aromatic heterocycles. The summed E-state index contributed by atoms with van der Waals surface area (Å²) in [4.78, 5) is 27.5. The molecule has 0 aliphatic carbocycles. The molecule has 1 atom stereocenters. The van der Waals surface area contributed by atoms with E-state index in [1.165, 1.54) is 0 Å². The van der Waals surface area contributed by atoms with Crippen LogP contribution >= 0.6 is 12.4 Å². The second-order valence-electron chi connectivity index (χ2n) is 4.71. The van der Waals surface area contributed by atoms with Gasteiger partial charge in [-0.25, -0.2) is 0 Å². The van der Waals surface area contributed by atoms with Gasteiger partial charge in [-0.05, 0) is 20.8 Å². The summed E-state index contributed by atoms with van der Waals surface area (Å²) in [5, 5.41) is 3.25. The molecule has 5 nitrogen and oxygen atoms in total. The van der Waals surface area contributed by atoms with E-state index in [1.54, 1.807) is 4.90 Å². The molecule has 19 heavy (non-hydrogen) atoms. The molecule has 1 aliphatic heterocycles. The Balaban J connectivity index is 0.00000324. The van der Waals surface area contributed by atoms with Gasteiger partial charge in [-0.2, -0.15) is 0 Å². The standard InChI is InChI=1S/C13H25N3O2.ClH/c1-4-15(5-2)12(17)6-7-13(18)16-9-8-14-10-11(16)3;/h11,14H,4-10H2,1-3H3;1H/t11-;/m0./s1. The van der Waals surface area contributed by atoms with Crippen LogP contribution in [0.5, 0.6) is 0 Å². The Morgan fingerprint density at radius 2 is 1.89 bits per heavy atom. The molecule has 1 fully saturated rings. The van der Waals surface area contributed by atoms with E-state index in [4.69, 9.17) is 0 Å². The van der Waals surface area contributed by atoms with E-state index in [0.29, 0.717) is 25.9 Å². The molecule has 6 heteroatoms. The van der Waals surface area contributed by atoms with E-state index < -0.39 is 0 Å². The van der Waals surface area contributed by atoms with Crippen molar-refractivity contribution in [3.8, 4) is 0 Å². The largest absolute Gasteiger partial charge is 0.343 e. The second kappa shape index (κ2) is 9.15. The van der Waals surface area contributed by atoms with Crippen molar-refractivity contribution in [3.05, 3.63) is 0 Å². The minimum Gasteiger partial charge on any atom is -0.343 e. The smallest absolute Gasteiger partial charge is 0.223 e. The SMILES string of the molecule is CCN(CC)C(=O)CCC(=O)N1CCNC[C@@H]1C.Cl. The minimum atomic E-state index is 0. The Hall–Kier alpha value is -0.810. The van der Waals surface area contributed by atoms with Gasteiger partial charge < -0.3 is 15.1 Å². The van der Waals surface area contributed by atoms with Crippen LogP contribution in [0.1, 0.15) is 33.6 Å². The van der Waals surface area contributed by atoms with Crippen LogP contribution in [0.15, 0.2) is 0 Å². The fourth-order valence-corrected chi connectivity index (χ4v) is 2.30. The lowest BCUT2D eigenvalue weighted by atomic mass is 10.1. The average Bonchev–Trinajstić information content (AvgIpc) is 2.38. The normalized spacial score (nSPS) is 18.7. The lowest BCUT2D eigenvalue weighted by Gasteiger charge is -2.34. The third-order valence-corrected chi connectivity index (χ3v) is 3.49. The van der Waals surface area contributed by atoms with Crippen LogP contribution in [0.25, 0.3) is 0 Å². The first-order valence-electron chi connectivity index (χ1n) is 6.88. The van der Waals surface area contributed by atoms with Gasteiger partial charge >= 0.3 is 0 Å². The Morgan fingerprint density at radius 1 is 1.26 bits per heavy atom. The summed E-state index contributed by atoms with van der Waals surface area (Å²) in [7, 11) is 0. The second-order valence-corrected chi connectivity index (χ2v) is 4.71. The highest BCUT2D eigenvalue weighted by molar-refractivity contribution is 5.85. The van der Waals surface area contributed by atoms with Gasteiger partial charge in [-0.3, -0.25) is 9.59 Å². The van der Waals surface area contributed by atoms with E-state index >= 15 is 0 Å². The number of nitrogens with zero attached hydrogens (tertiary/aromatic N) is 2. The van der Waals surface area contributed by atoms with Gasteiger partial charge in [0.2, 0.25) is 11.8 Å². The van der Waals surface area contributed by atoms with Crippen molar-refractivity contribution in [2.75, 3.05) is 32.7 Å². The lowest BCUT2D eigenvalue weighted by molar-refractivity contribution is -0.138. The number of carbonyl (C=O) groups is 2. The molecular weight excluding hydrogens is 266 g/mol. The molecule has 0 saturated carbocycles. The van der Waals surface area contributed by atoms with Crippen LogP contribution in [-0.4, -0.2) is 60.4 Å². The van der Waals surface area contributed by atoms with Crippen molar-refractivity contribution in [2.24, 2.45) is 0 Å². The highest BCUT2D eigenvalue weighted by Gasteiger charge is 2.23. The maximum absolute atomic E-state index is 12.0. The Bertz CT molecular complexity index is 296. The molecule has 0 spiro atoms. The van der Waals surface area contributed by atoms with Gasteiger partial charge in [0.25, 0.3) is 0 Å². The topological polar surface area (TPSA) is 52.7 Å². The molecule has 1 saturated heterocycles. The summed E-state index contributed by atoms with van der Waals surface area (Å²) in [6.07, 6.45) is 0.664. The molecular formula is C13H26ClN3O2. The third-order valence-electron chi connectivity index (χ3n) is 3.49. The zero-order valence-electron chi connectivity index (χ0n) is 12.1. The van der Waals surface area contributed by atoms with Crippen molar-refractivity contribution >= 4 is 24.2 Å². The predicted molar refractivity (Wildman–Crippen MR) is 78.5 cm³/mol. The zero-order chi connectivity index (χ0) is 13.5. The molecule has 1 heterocycles. The van der Waals surface area contributed by atoms with Crippen molar-refractivity contribution in [2.45, 2.75) is 39.7 Å². The fraction of sp³-hybridized carbons (Fsp3) is 0.846. The molecule has 0 bridgehead atoms. The predicted octanol–water partition coefficient (Wildman–Crippen LogP) is 0.877. The number of nitrogens with one attached hydrogen (secondary N) is 1. The Labute approximate surface area is 122 Å². The number of amides is 2. The highest BCUT2D eigenvalue weighted by atomic mass is 35.5. The first kappa shape index (κ1) is 18.2. The first-order valence-corrected chi connectivity index (χ1v) is 6.88. The summed E-state index contributed by atoms with van der Waals surface area (Å²) < 4.78 is 0. The zero-order valence-corrected chi connectivity index (χ0v) is 13.0. The number of rotatable bonds is 5. The average molecular weight is 292 g/mol. The summed E-state index contributed by atoms with van der Waals surface area (Å²) in [5.41, 5.74) is 0. The molecule has 1 aliphatic rings. The number of carbonyl (C=O) groups excluding carboxylic acids is 2. The Morgan fingerprint density at radius 3 is 2.42 bits per heavy atom. The van der Waals surface area contributed by atoms with Crippen molar-refractivity contribution in [1.82, 2.24) is 15.1 Å². The lowest BCUT2D eigenvalue weighted by Crippen LogP contribution is -2.52. The van der Waals surface area contributed by atoms with Crippen LogP contribution in [0.4, 0.5) is 0 Å². The summed E-state index contributed by atoms with van der Waals surface area (Å²) in [6.45, 7) is 9.83. The van der Waals surface area contributed by atoms with Gasteiger partial charge in [0.1, 0.15) is 0 Å². The highest BCUT2D eigenvalue weighted by Crippen LogP contribution is 2.07. The third kappa shape index (κ3) is 5.37. The summed E-state index contributed by atoms with van der Waals surface area (Å²) in [5.74, 6) is 0.181. The van der Waals surface area contributed by atoms with Crippen LogP contribution in [-0.2, 0) is 9.59 Å². The first-order chi connectivity index (χ1) is 8.60. The van der Waals surface area contributed by atoms with E-state index in [-0.39, 0.29) is 30.3 Å². The van der Waals surface area contributed by atoms with Crippen LogP contribution in [0, 0.1) is 0 Å². The molecule has 112 valence electrons. The van der Waals surface area contributed by atoms with Crippen molar-refractivity contribution in [1.29, 1.82) is 0 Å². The quantitative estimate of drug-likeness (QED) is 0.818. The van der Waals surface area contributed by atoms with Gasteiger partial charge in [-0.15, -0.1) is 12.4 Å². The number of hydrogen-bond acceptors (Lipinski definition) is 3. The van der Waals surface area contributed by atoms with Crippen molar-refractivity contribution < 1.29 is 9.59 Å². The molecule has 1 N–H and O–H groups in total. The van der Waals surface area contributed by atoms with Crippen LogP contribution < -0.4 is 5.32 Å². The Kier molecular flexibility index (Phi) is 8.76. The maximum Gasteiger partial charge on any atom is 0.223 e. The number of piperazine rings is 1. The van der Waals surface area contributed by atoms with Gasteiger partial charge in [-0.1, -0.05) is 0 Å². The number of hydrogen-bond donors (Lipinski definition) is 1. The maximum atomic E-state index is 12.0. The van der Waals surface area contributed by atoms with Crippen LogP contribution in [0.3, 0.4) is 0 Å². The number of halogens is 1. The molecule has 1 rings (SSSR count). The molecule has 0 unspecified atom stereocenters. The van der Waals surface area contributed by atoms with E-state index in [0.717, 1.165) is 19.6 Å². The van der Waals surface area contributed by atoms with E-state index in [1.807, 2.05) is 25.7 Å². The summed E-state index contributed by atoms with van der Waals surface area (Å²) in [6, 6.07) is 0.231. The van der Waals surface area contributed by atoms with Gasteiger partial charge in [0.05, 0.1) is 0 Å². The van der Waals surface area contributed by atoms with Gasteiger partial charge in [0, 0.05) is 51.6 Å². The monoisotopic (exact) mass is 291 g/mol. The van der Waals surface area contributed by atoms with Gasteiger partial charge in [0.15, 0.2) is 0 Å². The van der Waals surface area contributed by atoms with Crippen LogP contribution in [0.2, 0.25) is 0 Å². The summed E-state index contributed by atoms with van der Waals surface area (Å²) >= 11 is 0. The van der Waals surface area contributed by atoms with E-state index in [9.17, 15) is 9.59 Å².